The Kier molecular flexibility index (Phi) is 4.36. The monoisotopic (exact) mass is 224 g/mol. The van der Waals surface area contributed by atoms with Gasteiger partial charge >= 0.3 is 0 Å². The largest absolute Gasteiger partial charge is 0.395 e. The molecule has 4 nitrogen and oxygen atoms in total. The molecule has 0 aliphatic heterocycles. The van der Waals surface area contributed by atoms with E-state index in [1.54, 1.807) is 6.20 Å². The van der Waals surface area contributed by atoms with Crippen molar-refractivity contribution in [2.24, 2.45) is 0 Å². The molecule has 90 valence electrons. The molecule has 1 aromatic rings. The second-order valence-corrected chi connectivity index (χ2v) is 4.46. The highest BCUT2D eigenvalue weighted by Gasteiger charge is 2.21. The first-order valence-electron chi connectivity index (χ1n) is 6.14. The Balaban J connectivity index is 1.92. The van der Waals surface area contributed by atoms with Gasteiger partial charge in [-0.3, -0.25) is 4.90 Å². The van der Waals surface area contributed by atoms with Gasteiger partial charge in [0.1, 0.15) is 0 Å². The van der Waals surface area contributed by atoms with E-state index < -0.39 is 0 Å². The van der Waals surface area contributed by atoms with Crippen LogP contribution in [0.25, 0.3) is 0 Å². The average molecular weight is 224 g/mol. The van der Waals surface area contributed by atoms with E-state index in [4.69, 9.17) is 9.63 Å². The lowest BCUT2D eigenvalue weighted by Crippen LogP contribution is -2.38. The summed E-state index contributed by atoms with van der Waals surface area (Å²) in [6.45, 7) is 1.71. The van der Waals surface area contributed by atoms with Crippen LogP contribution in [0.5, 0.6) is 0 Å². The van der Waals surface area contributed by atoms with E-state index in [1.165, 1.54) is 32.1 Å². The summed E-state index contributed by atoms with van der Waals surface area (Å²) in [5.74, 6) is 0.888. The molecule has 0 bridgehead atoms. The lowest BCUT2D eigenvalue weighted by Gasteiger charge is -2.33. The zero-order valence-corrected chi connectivity index (χ0v) is 9.64. The molecule has 1 heterocycles. The van der Waals surface area contributed by atoms with Crippen molar-refractivity contribution < 1.29 is 9.63 Å². The van der Waals surface area contributed by atoms with Gasteiger partial charge in [-0.2, -0.15) is 0 Å². The molecule has 1 N–H and O–H groups in total. The molecule has 0 atom stereocenters. The molecule has 1 aliphatic carbocycles. The van der Waals surface area contributed by atoms with Gasteiger partial charge in [0.25, 0.3) is 0 Å². The molecule has 2 rings (SSSR count). The van der Waals surface area contributed by atoms with E-state index in [0.29, 0.717) is 6.04 Å². The first-order chi connectivity index (χ1) is 7.90. The summed E-state index contributed by atoms with van der Waals surface area (Å²) < 4.78 is 5.13. The standard InChI is InChI=1S/C12H20N2O2/c15-9-8-14(10-12-6-7-13-16-12)11-4-2-1-3-5-11/h6-7,11,15H,1-5,8-10H2. The van der Waals surface area contributed by atoms with Gasteiger partial charge in [-0.15, -0.1) is 0 Å². The van der Waals surface area contributed by atoms with Crippen LogP contribution in [0.3, 0.4) is 0 Å². The number of nitrogens with zero attached hydrogens (tertiary/aromatic N) is 2. The molecule has 0 spiro atoms. The highest BCUT2D eigenvalue weighted by Crippen LogP contribution is 2.23. The third-order valence-electron chi connectivity index (χ3n) is 3.33. The zero-order chi connectivity index (χ0) is 11.2. The van der Waals surface area contributed by atoms with Gasteiger partial charge in [0.2, 0.25) is 0 Å². The van der Waals surface area contributed by atoms with Crippen molar-refractivity contribution in [1.29, 1.82) is 0 Å². The van der Waals surface area contributed by atoms with Crippen molar-refractivity contribution in [3.05, 3.63) is 18.0 Å². The third-order valence-corrected chi connectivity index (χ3v) is 3.33. The van der Waals surface area contributed by atoms with Crippen molar-refractivity contribution >= 4 is 0 Å². The van der Waals surface area contributed by atoms with Crippen molar-refractivity contribution in [1.82, 2.24) is 10.1 Å². The second-order valence-electron chi connectivity index (χ2n) is 4.46. The Morgan fingerprint density at radius 2 is 2.19 bits per heavy atom. The van der Waals surface area contributed by atoms with E-state index in [0.717, 1.165) is 18.8 Å². The normalized spacial score (nSPS) is 18.1. The summed E-state index contributed by atoms with van der Waals surface area (Å²) in [6, 6.07) is 2.50. The smallest absolute Gasteiger partial charge is 0.150 e. The molecule has 0 aromatic carbocycles. The van der Waals surface area contributed by atoms with Crippen molar-refractivity contribution in [3.63, 3.8) is 0 Å². The Labute approximate surface area is 96.2 Å². The van der Waals surface area contributed by atoms with E-state index in [1.807, 2.05) is 6.07 Å². The third kappa shape index (κ3) is 3.06. The van der Waals surface area contributed by atoms with E-state index in [-0.39, 0.29) is 6.61 Å². The molecule has 0 radical (unpaired) electrons. The molecule has 0 saturated heterocycles. The maximum atomic E-state index is 9.11. The Hall–Kier alpha value is -0.870. The fraction of sp³-hybridized carbons (Fsp3) is 0.750. The van der Waals surface area contributed by atoms with Gasteiger partial charge < -0.3 is 9.63 Å². The van der Waals surface area contributed by atoms with E-state index in [9.17, 15) is 0 Å². The quantitative estimate of drug-likeness (QED) is 0.828. The summed E-state index contributed by atoms with van der Waals surface area (Å²) in [5, 5.41) is 12.8. The Morgan fingerprint density at radius 1 is 1.38 bits per heavy atom. The number of rotatable bonds is 5. The fourth-order valence-corrected chi connectivity index (χ4v) is 2.49. The van der Waals surface area contributed by atoms with Gasteiger partial charge in [0.15, 0.2) is 5.76 Å². The molecule has 4 heteroatoms. The fourth-order valence-electron chi connectivity index (χ4n) is 2.49. The molecule has 1 aromatic heterocycles. The molecule has 1 fully saturated rings. The summed E-state index contributed by atoms with van der Waals surface area (Å²) in [4.78, 5) is 2.32. The highest BCUT2D eigenvalue weighted by molar-refractivity contribution is 4.93. The van der Waals surface area contributed by atoms with Crippen molar-refractivity contribution in [3.8, 4) is 0 Å². The number of hydrogen-bond acceptors (Lipinski definition) is 4. The second kappa shape index (κ2) is 6.01. The van der Waals surface area contributed by atoms with Gasteiger partial charge in [-0.05, 0) is 12.8 Å². The maximum absolute atomic E-state index is 9.11. The number of aromatic nitrogens is 1. The topological polar surface area (TPSA) is 49.5 Å². The minimum absolute atomic E-state index is 0.213. The van der Waals surface area contributed by atoms with Crippen LogP contribution < -0.4 is 0 Å². The van der Waals surface area contributed by atoms with Crippen LogP contribution in [-0.4, -0.2) is 34.4 Å². The minimum atomic E-state index is 0.213. The molecule has 16 heavy (non-hydrogen) atoms. The van der Waals surface area contributed by atoms with Gasteiger partial charge in [0, 0.05) is 18.7 Å². The van der Waals surface area contributed by atoms with Crippen LogP contribution in [0.1, 0.15) is 37.9 Å². The number of hydrogen-bond donors (Lipinski definition) is 1. The summed E-state index contributed by atoms with van der Waals surface area (Å²) in [7, 11) is 0. The van der Waals surface area contributed by atoms with E-state index >= 15 is 0 Å². The summed E-state index contributed by atoms with van der Waals surface area (Å²) in [6.07, 6.45) is 8.13. The van der Waals surface area contributed by atoms with Gasteiger partial charge in [-0.25, -0.2) is 0 Å². The molecular formula is C12H20N2O2. The first-order valence-corrected chi connectivity index (χ1v) is 6.14. The van der Waals surface area contributed by atoms with Gasteiger partial charge in [0.05, 0.1) is 19.3 Å². The van der Waals surface area contributed by atoms with Gasteiger partial charge in [-0.1, -0.05) is 24.4 Å². The Bertz CT molecular complexity index is 281. The minimum Gasteiger partial charge on any atom is -0.395 e. The van der Waals surface area contributed by atoms with Crippen LogP contribution in [-0.2, 0) is 6.54 Å². The first kappa shape index (κ1) is 11.6. The zero-order valence-electron chi connectivity index (χ0n) is 9.64. The highest BCUT2D eigenvalue weighted by atomic mass is 16.5. The molecule has 0 unspecified atom stereocenters. The predicted molar refractivity (Wildman–Crippen MR) is 60.9 cm³/mol. The lowest BCUT2D eigenvalue weighted by atomic mass is 9.94. The van der Waals surface area contributed by atoms with Crippen LogP contribution in [0.2, 0.25) is 0 Å². The van der Waals surface area contributed by atoms with Crippen LogP contribution in [0, 0.1) is 0 Å². The average Bonchev–Trinajstić information content (AvgIpc) is 2.83. The molecule has 1 saturated carbocycles. The molecular weight excluding hydrogens is 204 g/mol. The summed E-state index contributed by atoms with van der Waals surface area (Å²) >= 11 is 0. The van der Waals surface area contributed by atoms with Crippen molar-refractivity contribution in [2.45, 2.75) is 44.7 Å². The van der Waals surface area contributed by atoms with Crippen molar-refractivity contribution in [2.75, 3.05) is 13.2 Å². The van der Waals surface area contributed by atoms with Crippen LogP contribution in [0.15, 0.2) is 16.8 Å². The molecule has 1 aliphatic rings. The number of aliphatic hydroxyl groups excluding tert-OH is 1. The number of aliphatic hydroxyl groups is 1. The molecule has 0 amide bonds. The van der Waals surface area contributed by atoms with Crippen LogP contribution >= 0.6 is 0 Å². The summed E-state index contributed by atoms with van der Waals surface area (Å²) in [5.41, 5.74) is 0. The SMILES string of the molecule is OCCN(Cc1ccno1)C1CCCCC1. The van der Waals surface area contributed by atoms with E-state index in [2.05, 4.69) is 10.1 Å². The lowest BCUT2D eigenvalue weighted by molar-refractivity contribution is 0.107. The Morgan fingerprint density at radius 3 is 2.81 bits per heavy atom. The predicted octanol–water partition coefficient (Wildman–Crippen LogP) is 1.80. The van der Waals surface area contributed by atoms with Crippen LogP contribution in [0.4, 0.5) is 0 Å². The maximum Gasteiger partial charge on any atom is 0.150 e.